The zero-order valence-electron chi connectivity index (χ0n) is 42.3. The first-order valence-corrected chi connectivity index (χ1v) is 25.9. The van der Waals surface area contributed by atoms with Crippen molar-refractivity contribution in [3.63, 3.8) is 0 Å². The lowest BCUT2D eigenvalue weighted by molar-refractivity contribution is -0.123. The molecule has 4 heterocycles. The average molecular weight is 867 g/mol. The first kappa shape index (κ1) is 56.8. The van der Waals surface area contributed by atoms with Crippen molar-refractivity contribution >= 4 is 27.2 Å². The molecule has 354 valence electrons. The fraction of sp³-hybridized carbons (Fsp3) is 0.940. The molecular weight excluding hydrogens is 769 g/mol. The van der Waals surface area contributed by atoms with Gasteiger partial charge in [-0.25, -0.2) is 8.42 Å². The van der Waals surface area contributed by atoms with E-state index in [9.17, 15) is 22.8 Å². The van der Waals surface area contributed by atoms with Crippen LogP contribution in [0.3, 0.4) is 0 Å². The van der Waals surface area contributed by atoms with Crippen LogP contribution in [-0.2, 0) is 24.2 Å². The molecule has 60 heavy (non-hydrogen) atoms. The fourth-order valence-electron chi connectivity index (χ4n) is 8.23. The molecule has 2 atom stereocenters. The van der Waals surface area contributed by atoms with Crippen LogP contribution < -0.4 is 0 Å². The summed E-state index contributed by atoms with van der Waals surface area (Å²) < 4.78 is 22.8. The van der Waals surface area contributed by atoms with Crippen molar-refractivity contribution in [2.24, 2.45) is 33.5 Å². The predicted molar refractivity (Wildman–Crippen MR) is 256 cm³/mol. The van der Waals surface area contributed by atoms with Crippen LogP contribution in [0.2, 0.25) is 0 Å². The van der Waals surface area contributed by atoms with Crippen molar-refractivity contribution in [2.45, 2.75) is 192 Å². The minimum atomic E-state index is -2.82. The molecule has 0 aliphatic carbocycles. The van der Waals surface area contributed by atoms with Gasteiger partial charge < -0.3 is 14.7 Å². The molecule has 0 radical (unpaired) electrons. The lowest BCUT2D eigenvalue weighted by atomic mass is 9.90. The molecule has 0 aromatic rings. The average Bonchev–Trinajstić information content (AvgIpc) is 3.61. The van der Waals surface area contributed by atoms with Crippen LogP contribution in [0.1, 0.15) is 181 Å². The van der Waals surface area contributed by atoms with Gasteiger partial charge in [-0.05, 0) is 185 Å². The van der Waals surface area contributed by atoms with E-state index in [1.165, 1.54) is 57.9 Å². The molecule has 4 aliphatic rings. The number of likely N-dealkylation sites (tertiary alicyclic amines) is 4. The summed E-state index contributed by atoms with van der Waals surface area (Å²) in [5.41, 5.74) is 1.58. The maximum atomic E-state index is 11.4. The van der Waals surface area contributed by atoms with Gasteiger partial charge in [0, 0.05) is 24.6 Å². The number of carbonyl (C=O) groups is 3. The third-order valence-electron chi connectivity index (χ3n) is 12.9. The molecule has 4 saturated heterocycles. The summed E-state index contributed by atoms with van der Waals surface area (Å²) in [6, 6.07) is 0.220. The number of hydrogen-bond donors (Lipinski definition) is 0. The van der Waals surface area contributed by atoms with Gasteiger partial charge in [0.25, 0.3) is 0 Å². The molecule has 0 saturated carbocycles. The highest BCUT2D eigenvalue weighted by Gasteiger charge is 2.30. The van der Waals surface area contributed by atoms with Crippen LogP contribution >= 0.6 is 0 Å². The van der Waals surface area contributed by atoms with E-state index < -0.39 is 9.84 Å². The minimum absolute atomic E-state index is 0.0987. The molecular formula is C50H98N4O5S. The largest absolute Gasteiger partial charge is 0.303 e. The topological polar surface area (TPSA) is 98.3 Å². The Labute approximate surface area is 372 Å². The van der Waals surface area contributed by atoms with Crippen LogP contribution in [0.4, 0.5) is 0 Å². The predicted octanol–water partition coefficient (Wildman–Crippen LogP) is 9.85. The summed E-state index contributed by atoms with van der Waals surface area (Å²) in [6.07, 6.45) is 14.5. The number of hydrogen-bond acceptors (Lipinski definition) is 9. The third-order valence-corrected chi connectivity index (χ3v) is 14.6. The van der Waals surface area contributed by atoms with Crippen molar-refractivity contribution in [2.75, 3.05) is 78.2 Å². The van der Waals surface area contributed by atoms with Gasteiger partial charge in [-0.15, -0.1) is 0 Å². The van der Waals surface area contributed by atoms with Gasteiger partial charge in [0.15, 0.2) is 0 Å². The van der Waals surface area contributed by atoms with Crippen molar-refractivity contribution in [3.8, 4) is 0 Å². The summed E-state index contributed by atoms with van der Waals surface area (Å²) >= 11 is 0. The van der Waals surface area contributed by atoms with E-state index in [2.05, 4.69) is 103 Å². The van der Waals surface area contributed by atoms with Gasteiger partial charge in [0.05, 0.1) is 11.3 Å². The minimum Gasteiger partial charge on any atom is -0.303 e. The maximum Gasteiger partial charge on any atom is 0.150 e. The Morgan fingerprint density at radius 3 is 1.23 bits per heavy atom. The Kier molecular flexibility index (Phi) is 24.6. The first-order chi connectivity index (χ1) is 27.3. The number of Topliss-reactive ketones (excluding diaryl/α,β-unsaturated/α-hetero) is 3. The van der Waals surface area contributed by atoms with Crippen LogP contribution in [0, 0.1) is 33.5 Å². The Balaban J connectivity index is 0.000000400. The molecule has 0 bridgehead atoms. The Morgan fingerprint density at radius 2 is 0.850 bits per heavy atom. The summed E-state index contributed by atoms with van der Waals surface area (Å²) in [7, 11) is -2.82. The number of sulfone groups is 1. The summed E-state index contributed by atoms with van der Waals surface area (Å²) in [5, 5.41) is -0.0987. The number of piperidine rings is 3. The summed E-state index contributed by atoms with van der Waals surface area (Å²) in [5.74, 6) is 1.74. The first-order valence-electron chi connectivity index (χ1n) is 24.0. The van der Waals surface area contributed by atoms with Crippen LogP contribution in [0.25, 0.3) is 0 Å². The standard InChI is InChI=1S/2C13H25NO.C12H25NO2S.C12H23NO/c1-11(15)12-5-8-14(9-6-12)10-7-13(2,3)4;1-11(15)12-6-5-8-14(10-12)9-7-13(2,3)4;1-12(2,3)7-10-13-8-5-11(6-9-13)16(4,14)15;1-10(14)11-6-5-8-13(11)9-7-12(2,3)4/h2*12H,5-10H2,1-4H3;11H,5-10H2,1-4H3;11H,5-9H2,1-4H3. The second kappa shape index (κ2) is 25.9. The summed E-state index contributed by atoms with van der Waals surface area (Å²) in [6.45, 7) is 44.3. The molecule has 4 aliphatic heterocycles. The Bertz CT molecular complexity index is 1350. The highest BCUT2D eigenvalue weighted by molar-refractivity contribution is 7.91. The molecule has 9 nitrogen and oxygen atoms in total. The number of nitrogens with zero attached hydrogens (tertiary/aromatic N) is 4. The van der Waals surface area contributed by atoms with E-state index in [4.69, 9.17) is 0 Å². The molecule has 4 rings (SSSR count). The van der Waals surface area contributed by atoms with Gasteiger partial charge in [0.1, 0.15) is 27.2 Å². The van der Waals surface area contributed by atoms with Gasteiger partial charge in [-0.2, -0.15) is 0 Å². The van der Waals surface area contributed by atoms with Crippen LogP contribution in [0.5, 0.6) is 0 Å². The van der Waals surface area contributed by atoms with Crippen LogP contribution in [-0.4, -0.2) is 135 Å². The second-order valence-corrected chi connectivity index (χ2v) is 26.2. The Morgan fingerprint density at radius 1 is 0.467 bits per heavy atom. The van der Waals surface area contributed by atoms with E-state index in [0.29, 0.717) is 50.8 Å². The quantitative estimate of drug-likeness (QED) is 0.190. The highest BCUT2D eigenvalue weighted by Crippen LogP contribution is 2.26. The molecule has 0 N–H and O–H groups in total. The smallest absolute Gasteiger partial charge is 0.150 e. The van der Waals surface area contributed by atoms with Gasteiger partial charge in [-0.3, -0.25) is 19.3 Å². The van der Waals surface area contributed by atoms with E-state index in [-0.39, 0.29) is 11.3 Å². The highest BCUT2D eigenvalue weighted by atomic mass is 32.2. The molecule has 0 amide bonds. The van der Waals surface area contributed by atoms with E-state index >= 15 is 0 Å². The third kappa shape index (κ3) is 27.1. The van der Waals surface area contributed by atoms with Gasteiger partial charge in [0.2, 0.25) is 0 Å². The monoisotopic (exact) mass is 867 g/mol. The van der Waals surface area contributed by atoms with Gasteiger partial charge in [-0.1, -0.05) is 83.1 Å². The normalized spacial score (nSPS) is 22.5. The number of carbonyl (C=O) groups excluding carboxylic acids is 3. The zero-order valence-corrected chi connectivity index (χ0v) is 43.1. The van der Waals surface area contributed by atoms with Gasteiger partial charge >= 0.3 is 0 Å². The van der Waals surface area contributed by atoms with Crippen LogP contribution in [0.15, 0.2) is 0 Å². The number of ketones is 3. The molecule has 0 aromatic heterocycles. The van der Waals surface area contributed by atoms with Crippen molar-refractivity contribution < 1.29 is 22.8 Å². The zero-order chi connectivity index (χ0) is 46.1. The van der Waals surface area contributed by atoms with E-state index in [1.807, 2.05) is 0 Å². The molecule has 2 unspecified atom stereocenters. The van der Waals surface area contributed by atoms with Crippen molar-refractivity contribution in [3.05, 3.63) is 0 Å². The maximum absolute atomic E-state index is 11.4. The second-order valence-electron chi connectivity index (χ2n) is 23.9. The lowest BCUT2D eigenvalue weighted by Crippen LogP contribution is -2.40. The summed E-state index contributed by atoms with van der Waals surface area (Å²) in [4.78, 5) is 43.6. The van der Waals surface area contributed by atoms with Crippen molar-refractivity contribution in [1.82, 2.24) is 19.6 Å². The molecule has 0 spiro atoms. The molecule has 4 fully saturated rings. The molecule has 10 heteroatoms. The van der Waals surface area contributed by atoms with E-state index in [1.54, 1.807) is 20.8 Å². The van der Waals surface area contributed by atoms with Crippen molar-refractivity contribution in [1.29, 1.82) is 0 Å². The fourth-order valence-corrected chi connectivity index (χ4v) is 9.30. The SMILES string of the molecule is CC(=O)C1CCCN(CCC(C)(C)C)C1.CC(=O)C1CCCN1CCC(C)(C)C.CC(=O)C1CCN(CCC(C)(C)C)CC1.CC(C)(C)CCN1CCC(S(C)(=O)=O)CC1. The lowest BCUT2D eigenvalue weighted by Gasteiger charge is -2.33. The number of rotatable bonds is 12. The Hall–Kier alpha value is -1.20. The van der Waals surface area contributed by atoms with E-state index in [0.717, 1.165) is 97.4 Å². The molecule has 0 aromatic carbocycles.